The number of carbonyl (C=O) groups is 1. The molecular weight excluding hydrogens is 305 g/mol. The van der Waals surface area contributed by atoms with Crippen molar-refractivity contribution in [3.05, 3.63) is 54.1 Å². The van der Waals surface area contributed by atoms with Crippen molar-refractivity contribution in [2.75, 3.05) is 6.54 Å². The Balaban J connectivity index is 1.46. The van der Waals surface area contributed by atoms with Gasteiger partial charge in [0, 0.05) is 24.9 Å². The third kappa shape index (κ3) is 2.95. The highest BCUT2D eigenvalue weighted by atomic mass is 19.1. The van der Waals surface area contributed by atoms with E-state index in [9.17, 15) is 9.18 Å². The van der Waals surface area contributed by atoms with Crippen molar-refractivity contribution in [1.82, 2.24) is 14.7 Å². The van der Waals surface area contributed by atoms with Gasteiger partial charge in [-0.2, -0.15) is 5.10 Å². The minimum absolute atomic E-state index is 0.0472. The molecule has 0 radical (unpaired) electrons. The summed E-state index contributed by atoms with van der Waals surface area (Å²) in [6, 6.07) is 8.95. The number of hydrogen-bond donors (Lipinski definition) is 0. The maximum absolute atomic E-state index is 14.0. The van der Waals surface area contributed by atoms with Crippen LogP contribution in [0.25, 0.3) is 0 Å². The fraction of sp³-hybridized carbons (Fsp3) is 0.474. The van der Waals surface area contributed by atoms with Crippen molar-refractivity contribution in [1.29, 1.82) is 0 Å². The first-order chi connectivity index (χ1) is 11.7. The summed E-state index contributed by atoms with van der Waals surface area (Å²) in [5, 5.41) is 4.27. The predicted molar refractivity (Wildman–Crippen MR) is 88.8 cm³/mol. The number of amides is 1. The number of aromatic nitrogens is 2. The van der Waals surface area contributed by atoms with Crippen LogP contribution in [0.3, 0.4) is 0 Å². The van der Waals surface area contributed by atoms with Crippen molar-refractivity contribution < 1.29 is 9.18 Å². The molecule has 1 amide bonds. The summed E-state index contributed by atoms with van der Waals surface area (Å²) in [6.45, 7) is 1.56. The van der Waals surface area contributed by atoms with Gasteiger partial charge in [0.15, 0.2) is 0 Å². The van der Waals surface area contributed by atoms with Gasteiger partial charge in [-0.05, 0) is 49.3 Å². The van der Waals surface area contributed by atoms with E-state index in [0.29, 0.717) is 5.56 Å². The second-order valence-corrected chi connectivity index (χ2v) is 6.88. The van der Waals surface area contributed by atoms with Gasteiger partial charge in [-0.15, -0.1) is 0 Å². The summed E-state index contributed by atoms with van der Waals surface area (Å²) in [4.78, 5) is 15.0. The molecule has 0 unspecified atom stereocenters. The lowest BCUT2D eigenvalue weighted by Gasteiger charge is -2.36. The number of piperidine rings is 1. The number of hydrogen-bond acceptors (Lipinski definition) is 2. The molecule has 1 saturated heterocycles. The molecule has 2 aliphatic rings. The monoisotopic (exact) mass is 327 g/mol. The van der Waals surface area contributed by atoms with Gasteiger partial charge in [0.25, 0.3) is 0 Å². The minimum atomic E-state index is -0.190. The van der Waals surface area contributed by atoms with Gasteiger partial charge < -0.3 is 4.90 Å². The highest BCUT2D eigenvalue weighted by Gasteiger charge is 2.48. The predicted octanol–water partition coefficient (Wildman–Crippen LogP) is 3.21. The third-order valence-corrected chi connectivity index (χ3v) is 5.28. The molecule has 1 aliphatic heterocycles. The van der Waals surface area contributed by atoms with Crippen LogP contribution in [-0.2, 0) is 11.3 Å². The fourth-order valence-corrected chi connectivity index (χ4v) is 3.91. The Labute approximate surface area is 141 Å². The van der Waals surface area contributed by atoms with E-state index in [-0.39, 0.29) is 29.6 Å². The summed E-state index contributed by atoms with van der Waals surface area (Å²) in [7, 11) is 0. The molecule has 1 aliphatic carbocycles. The van der Waals surface area contributed by atoms with Crippen LogP contribution < -0.4 is 0 Å². The smallest absolute Gasteiger partial charge is 0.226 e. The average Bonchev–Trinajstić information content (AvgIpc) is 3.23. The SMILES string of the molecule is O=C([C@@H]1C[C@H]1c1ccccc1F)N1CCCC[C@H]1Cn1cccn1. The van der Waals surface area contributed by atoms with E-state index in [0.717, 1.165) is 38.8 Å². The van der Waals surface area contributed by atoms with Crippen LogP contribution in [0.1, 0.15) is 37.2 Å². The van der Waals surface area contributed by atoms with Gasteiger partial charge in [0.05, 0.1) is 12.6 Å². The van der Waals surface area contributed by atoms with Gasteiger partial charge >= 0.3 is 0 Å². The van der Waals surface area contributed by atoms with E-state index < -0.39 is 0 Å². The molecule has 2 heterocycles. The normalized spacial score (nSPS) is 26.4. The van der Waals surface area contributed by atoms with Crippen molar-refractivity contribution in [2.45, 2.75) is 44.2 Å². The summed E-state index contributed by atoms with van der Waals surface area (Å²) < 4.78 is 15.9. The Kier molecular flexibility index (Phi) is 4.08. The van der Waals surface area contributed by atoms with Gasteiger partial charge in [-0.25, -0.2) is 4.39 Å². The lowest BCUT2D eigenvalue weighted by Crippen LogP contribution is -2.46. The topological polar surface area (TPSA) is 38.1 Å². The fourth-order valence-electron chi connectivity index (χ4n) is 3.91. The molecule has 1 saturated carbocycles. The molecule has 1 aromatic carbocycles. The van der Waals surface area contributed by atoms with Gasteiger partial charge in [-0.3, -0.25) is 9.48 Å². The number of nitrogens with zero attached hydrogens (tertiary/aromatic N) is 3. The quantitative estimate of drug-likeness (QED) is 0.865. The summed E-state index contributed by atoms with van der Waals surface area (Å²) in [5.74, 6) is -0.00394. The minimum Gasteiger partial charge on any atom is -0.338 e. The first-order valence-corrected chi connectivity index (χ1v) is 8.76. The number of rotatable bonds is 4. The van der Waals surface area contributed by atoms with Crippen molar-refractivity contribution in [3.8, 4) is 0 Å². The average molecular weight is 327 g/mol. The van der Waals surface area contributed by atoms with E-state index >= 15 is 0 Å². The molecule has 3 atom stereocenters. The van der Waals surface area contributed by atoms with Gasteiger partial charge in [0.1, 0.15) is 5.82 Å². The molecule has 0 spiro atoms. The maximum atomic E-state index is 14.0. The Morgan fingerprint density at radius 1 is 1.25 bits per heavy atom. The highest BCUT2D eigenvalue weighted by molar-refractivity contribution is 5.83. The zero-order valence-corrected chi connectivity index (χ0v) is 13.6. The van der Waals surface area contributed by atoms with Crippen LogP contribution in [0.2, 0.25) is 0 Å². The molecule has 1 aromatic heterocycles. The molecule has 126 valence electrons. The van der Waals surface area contributed by atoms with E-state index in [1.165, 1.54) is 6.07 Å². The van der Waals surface area contributed by atoms with Crippen LogP contribution in [0.4, 0.5) is 4.39 Å². The number of benzene rings is 1. The van der Waals surface area contributed by atoms with E-state index in [4.69, 9.17) is 0 Å². The van der Waals surface area contributed by atoms with Crippen molar-refractivity contribution in [2.24, 2.45) is 5.92 Å². The summed E-state index contributed by atoms with van der Waals surface area (Å²) in [6.07, 6.45) is 7.70. The third-order valence-electron chi connectivity index (χ3n) is 5.28. The standard InChI is InChI=1S/C19H22FN3O/c20-18-8-2-1-7-15(18)16-12-17(16)19(24)23-11-4-3-6-14(23)13-22-10-5-9-21-22/h1-2,5,7-10,14,16-17H,3-4,6,11-13H2/t14-,16-,17+/m0/s1. The van der Waals surface area contributed by atoms with Crippen LogP contribution in [0.15, 0.2) is 42.7 Å². The Morgan fingerprint density at radius 2 is 2.12 bits per heavy atom. The van der Waals surface area contributed by atoms with Crippen LogP contribution in [0, 0.1) is 11.7 Å². The molecule has 5 heteroatoms. The van der Waals surface area contributed by atoms with E-state index in [1.807, 2.05) is 34.0 Å². The molecule has 4 nitrogen and oxygen atoms in total. The summed E-state index contributed by atoms with van der Waals surface area (Å²) >= 11 is 0. The van der Waals surface area contributed by atoms with E-state index in [1.54, 1.807) is 12.3 Å². The molecule has 0 N–H and O–H groups in total. The first-order valence-electron chi connectivity index (χ1n) is 8.76. The molecule has 2 aromatic rings. The summed E-state index contributed by atoms with van der Waals surface area (Å²) in [5.41, 5.74) is 0.691. The van der Waals surface area contributed by atoms with Gasteiger partial charge in [-0.1, -0.05) is 18.2 Å². The van der Waals surface area contributed by atoms with Crippen LogP contribution in [0.5, 0.6) is 0 Å². The molecule has 24 heavy (non-hydrogen) atoms. The van der Waals surface area contributed by atoms with Crippen molar-refractivity contribution in [3.63, 3.8) is 0 Å². The second kappa shape index (κ2) is 6.38. The largest absolute Gasteiger partial charge is 0.338 e. The lowest BCUT2D eigenvalue weighted by atomic mass is 10.0. The number of halogens is 1. The maximum Gasteiger partial charge on any atom is 0.226 e. The van der Waals surface area contributed by atoms with Crippen molar-refractivity contribution >= 4 is 5.91 Å². The zero-order chi connectivity index (χ0) is 16.5. The van der Waals surface area contributed by atoms with Crippen LogP contribution >= 0.6 is 0 Å². The number of carbonyl (C=O) groups excluding carboxylic acids is 1. The Bertz CT molecular complexity index is 715. The first kappa shape index (κ1) is 15.4. The molecular formula is C19H22FN3O. The molecule has 4 rings (SSSR count). The van der Waals surface area contributed by atoms with Crippen LogP contribution in [-0.4, -0.2) is 33.2 Å². The Morgan fingerprint density at radius 3 is 2.92 bits per heavy atom. The number of likely N-dealkylation sites (tertiary alicyclic amines) is 1. The lowest BCUT2D eigenvalue weighted by molar-refractivity contribution is -0.136. The molecule has 2 fully saturated rings. The molecule has 0 bridgehead atoms. The van der Waals surface area contributed by atoms with Gasteiger partial charge in [0.2, 0.25) is 5.91 Å². The zero-order valence-electron chi connectivity index (χ0n) is 13.6. The Hall–Kier alpha value is -2.17. The highest BCUT2D eigenvalue weighted by Crippen LogP contribution is 2.49. The van der Waals surface area contributed by atoms with E-state index in [2.05, 4.69) is 5.10 Å². The second-order valence-electron chi connectivity index (χ2n) is 6.88.